The molecule has 0 aliphatic heterocycles. The average molecular weight is 351 g/mol. The quantitative estimate of drug-likeness (QED) is 0.553. The van der Waals surface area contributed by atoms with Crippen LogP contribution in [-0.2, 0) is 0 Å². The van der Waals surface area contributed by atoms with Crippen molar-refractivity contribution in [2.45, 2.75) is 6.92 Å². The molecular weight excluding hydrogens is 338 g/mol. The van der Waals surface area contributed by atoms with Crippen molar-refractivity contribution in [3.63, 3.8) is 0 Å². The first-order chi connectivity index (χ1) is 12.0. The number of hydrogen-bond donors (Lipinski definition) is 2. The van der Waals surface area contributed by atoms with E-state index in [0.29, 0.717) is 21.9 Å². The highest BCUT2D eigenvalue weighted by molar-refractivity contribution is 7.19. The fourth-order valence-corrected chi connectivity index (χ4v) is 3.94. The van der Waals surface area contributed by atoms with Crippen molar-refractivity contribution in [1.29, 1.82) is 0 Å². The molecule has 1 amide bonds. The number of rotatable bonds is 3. The third kappa shape index (κ3) is 2.18. The lowest BCUT2D eigenvalue weighted by molar-refractivity contribution is 0.1000. The molecular formula is C17H13N5O2S. The lowest BCUT2D eigenvalue weighted by Crippen LogP contribution is -2.12. The highest BCUT2D eigenvalue weighted by Crippen LogP contribution is 2.31. The third-order valence-electron chi connectivity index (χ3n) is 4.00. The van der Waals surface area contributed by atoms with Gasteiger partial charge in [-0.3, -0.25) is 14.6 Å². The molecule has 0 bridgehead atoms. The van der Waals surface area contributed by atoms with Crippen LogP contribution in [0.15, 0.2) is 42.0 Å². The number of pyridine rings is 2. The average Bonchev–Trinajstić information content (AvgIpc) is 3.13. The number of aromatic amines is 1. The van der Waals surface area contributed by atoms with E-state index in [1.807, 2.05) is 19.2 Å². The Hall–Kier alpha value is -3.26. The molecule has 25 heavy (non-hydrogen) atoms. The fourth-order valence-electron chi connectivity index (χ4n) is 2.78. The number of carbonyl (C=O) groups is 1. The van der Waals surface area contributed by atoms with Gasteiger partial charge in [0.05, 0.1) is 16.0 Å². The molecule has 4 heterocycles. The molecule has 7 nitrogen and oxygen atoms in total. The number of aromatic nitrogens is 4. The highest BCUT2D eigenvalue weighted by atomic mass is 32.1. The van der Waals surface area contributed by atoms with Crippen molar-refractivity contribution >= 4 is 49.6 Å². The van der Waals surface area contributed by atoms with E-state index in [-0.39, 0.29) is 11.1 Å². The smallest absolute Gasteiger partial charge is 0.261 e. The maximum atomic E-state index is 12.6. The first kappa shape index (κ1) is 15.3. The maximum absolute atomic E-state index is 12.6. The second-order valence-corrected chi connectivity index (χ2v) is 6.49. The van der Waals surface area contributed by atoms with Crippen LogP contribution >= 0.6 is 11.3 Å². The first-order valence-electron chi connectivity index (χ1n) is 7.46. The molecule has 0 saturated heterocycles. The van der Waals surface area contributed by atoms with Crippen LogP contribution in [0.4, 0.5) is 0 Å². The number of nitrogens with two attached hydrogens (primary N) is 1. The Balaban J connectivity index is 2.07. The van der Waals surface area contributed by atoms with Crippen LogP contribution in [0.25, 0.3) is 32.3 Å². The molecule has 0 unspecified atom stereocenters. The molecule has 0 aliphatic rings. The van der Waals surface area contributed by atoms with Gasteiger partial charge in [-0.25, -0.2) is 4.52 Å². The minimum atomic E-state index is -0.603. The van der Waals surface area contributed by atoms with Crippen molar-refractivity contribution in [2.75, 3.05) is 0 Å². The van der Waals surface area contributed by atoms with E-state index in [1.165, 1.54) is 23.6 Å². The lowest BCUT2D eigenvalue weighted by atomic mass is 10.2. The zero-order valence-corrected chi connectivity index (χ0v) is 14.1. The summed E-state index contributed by atoms with van der Waals surface area (Å²) >= 11 is 1.46. The summed E-state index contributed by atoms with van der Waals surface area (Å²) in [6, 6.07) is 1.51. The van der Waals surface area contributed by atoms with Crippen molar-refractivity contribution in [2.24, 2.45) is 5.73 Å². The normalized spacial score (nSPS) is 12.3. The Morgan fingerprint density at radius 1 is 1.44 bits per heavy atom. The number of hydrogen-bond acceptors (Lipinski definition) is 5. The van der Waals surface area contributed by atoms with Gasteiger partial charge in [-0.1, -0.05) is 18.7 Å². The van der Waals surface area contributed by atoms with Crippen molar-refractivity contribution in [3.8, 4) is 0 Å². The van der Waals surface area contributed by atoms with Crippen LogP contribution in [0, 0.1) is 0 Å². The summed E-state index contributed by atoms with van der Waals surface area (Å²) in [5.41, 5.74) is 7.64. The van der Waals surface area contributed by atoms with Gasteiger partial charge in [-0.15, -0.1) is 11.3 Å². The molecule has 124 valence electrons. The number of primary amides is 1. The molecule has 0 atom stereocenters. The van der Waals surface area contributed by atoms with E-state index in [1.54, 1.807) is 10.6 Å². The van der Waals surface area contributed by atoms with Crippen LogP contribution in [0.3, 0.4) is 0 Å². The molecule has 4 aromatic heterocycles. The van der Waals surface area contributed by atoms with Crippen LogP contribution < -0.4 is 11.3 Å². The molecule has 0 spiro atoms. The van der Waals surface area contributed by atoms with Crippen LogP contribution in [0.1, 0.15) is 22.2 Å². The monoisotopic (exact) mass is 351 g/mol. The van der Waals surface area contributed by atoms with Crippen molar-refractivity contribution < 1.29 is 4.79 Å². The zero-order chi connectivity index (χ0) is 17.7. The number of nitrogens with one attached hydrogen (secondary N) is 1. The van der Waals surface area contributed by atoms with Gasteiger partial charge in [0, 0.05) is 12.4 Å². The Morgan fingerprint density at radius 2 is 2.24 bits per heavy atom. The summed E-state index contributed by atoms with van der Waals surface area (Å²) < 4.78 is 1.68. The molecule has 0 aromatic carbocycles. The van der Waals surface area contributed by atoms with E-state index in [0.717, 1.165) is 15.3 Å². The minimum Gasteiger partial charge on any atom is -0.366 e. The van der Waals surface area contributed by atoms with E-state index in [9.17, 15) is 9.59 Å². The summed E-state index contributed by atoms with van der Waals surface area (Å²) in [4.78, 5) is 32.6. The van der Waals surface area contributed by atoms with Gasteiger partial charge in [0.15, 0.2) is 0 Å². The zero-order valence-electron chi connectivity index (χ0n) is 13.2. The highest BCUT2D eigenvalue weighted by Gasteiger charge is 2.17. The van der Waals surface area contributed by atoms with E-state index < -0.39 is 5.91 Å². The van der Waals surface area contributed by atoms with Gasteiger partial charge < -0.3 is 10.7 Å². The molecule has 8 heteroatoms. The Labute approximate surface area is 145 Å². The number of allylic oxidation sites excluding steroid dienone is 3. The number of H-pyrrole nitrogens is 1. The second kappa shape index (κ2) is 5.38. The summed E-state index contributed by atoms with van der Waals surface area (Å²) in [5.74, 6) is -0.603. The van der Waals surface area contributed by atoms with Crippen LogP contribution in [0.5, 0.6) is 0 Å². The molecule has 4 rings (SSSR count). The summed E-state index contributed by atoms with van der Waals surface area (Å²) in [7, 11) is 0. The van der Waals surface area contributed by atoms with Gasteiger partial charge >= 0.3 is 0 Å². The molecule has 0 aliphatic carbocycles. The summed E-state index contributed by atoms with van der Waals surface area (Å²) in [5, 5.41) is 4.99. The molecule has 3 N–H and O–H groups in total. The number of thiazole rings is 1. The van der Waals surface area contributed by atoms with E-state index in [2.05, 4.69) is 21.6 Å². The molecule has 4 aromatic rings. The summed E-state index contributed by atoms with van der Waals surface area (Å²) in [6.45, 7) is 5.73. The lowest BCUT2D eigenvalue weighted by Gasteiger charge is -2.00. The van der Waals surface area contributed by atoms with Gasteiger partial charge in [-0.05, 0) is 18.6 Å². The number of amides is 1. The predicted octanol–water partition coefficient (Wildman–Crippen LogP) is 2.47. The van der Waals surface area contributed by atoms with Gasteiger partial charge in [0.25, 0.3) is 5.56 Å². The Morgan fingerprint density at radius 3 is 2.92 bits per heavy atom. The summed E-state index contributed by atoms with van der Waals surface area (Å²) in [6.07, 6.45) is 6.96. The Kier molecular flexibility index (Phi) is 3.29. The van der Waals surface area contributed by atoms with Gasteiger partial charge in [0.1, 0.15) is 21.3 Å². The number of carbonyl (C=O) groups excluding carboxylic acids is 1. The van der Waals surface area contributed by atoms with Gasteiger partial charge in [-0.2, -0.15) is 5.10 Å². The minimum absolute atomic E-state index is 0.231. The number of fused-ring (bicyclic) bond motifs is 5. The van der Waals surface area contributed by atoms with E-state index in [4.69, 9.17) is 5.73 Å². The van der Waals surface area contributed by atoms with Crippen LogP contribution in [-0.4, -0.2) is 25.5 Å². The van der Waals surface area contributed by atoms with Crippen LogP contribution in [0.2, 0.25) is 0 Å². The molecule has 0 fully saturated rings. The SMILES string of the molecule is C=C/C(=C\C)c1cn2nc3c4ncc(C(N)=O)cc4[nH]c(=O)c3c2s1. The topological polar surface area (TPSA) is 106 Å². The van der Waals surface area contributed by atoms with E-state index >= 15 is 0 Å². The van der Waals surface area contributed by atoms with Crippen molar-refractivity contribution in [1.82, 2.24) is 19.6 Å². The molecule has 0 saturated carbocycles. The molecule has 0 radical (unpaired) electrons. The largest absolute Gasteiger partial charge is 0.366 e. The standard InChI is InChI=1S/C17H13N5O2S/c1-3-8(4-2)11-7-22-17(25-11)12-14(21-22)13-10(20-16(12)24)5-9(6-19-13)15(18)23/h3-7H,1H2,2H3,(H2,18,23)(H,20,24)/b8-4+. The van der Waals surface area contributed by atoms with Crippen molar-refractivity contribution in [3.05, 3.63) is 58.0 Å². The Bertz CT molecular complexity index is 1280. The van der Waals surface area contributed by atoms with Gasteiger partial charge in [0.2, 0.25) is 5.91 Å². The maximum Gasteiger partial charge on any atom is 0.261 e. The fraction of sp³-hybridized carbons (Fsp3) is 0.0588. The predicted molar refractivity (Wildman–Crippen MR) is 98.9 cm³/mol. The second-order valence-electron chi connectivity index (χ2n) is 5.46. The third-order valence-corrected chi connectivity index (χ3v) is 5.15. The number of nitrogens with zero attached hydrogens (tertiary/aromatic N) is 3. The first-order valence-corrected chi connectivity index (χ1v) is 8.28.